The molecule has 12 nitrogen and oxygen atoms in total. The Balaban J connectivity index is 1.12. The van der Waals surface area contributed by atoms with Gasteiger partial charge in [0.1, 0.15) is 24.5 Å². The fraction of sp³-hybridized carbons (Fsp3) is 0.231. The Labute approximate surface area is 294 Å². The van der Waals surface area contributed by atoms with Crippen molar-refractivity contribution in [2.45, 2.75) is 37.1 Å². The van der Waals surface area contributed by atoms with E-state index in [4.69, 9.17) is 18.9 Å². The zero-order chi connectivity index (χ0) is 35.2. The van der Waals surface area contributed by atoms with Crippen LogP contribution >= 0.6 is 0 Å². The smallest absolute Gasteiger partial charge is 0.417 e. The lowest BCUT2D eigenvalue weighted by molar-refractivity contribution is -0.126. The number of cyclic esters (lactones) is 1. The number of nitrogens with zero attached hydrogens (tertiary/aromatic N) is 3. The van der Waals surface area contributed by atoms with Crippen LogP contribution < -0.4 is 15.4 Å². The number of pyridine rings is 2. The fourth-order valence-electron chi connectivity index (χ4n) is 6.24. The molecule has 0 bridgehead atoms. The van der Waals surface area contributed by atoms with Gasteiger partial charge in [0, 0.05) is 17.8 Å². The van der Waals surface area contributed by atoms with E-state index in [1.54, 1.807) is 24.4 Å². The van der Waals surface area contributed by atoms with Crippen LogP contribution in [0.5, 0.6) is 5.88 Å². The molecule has 260 valence electrons. The molecule has 0 saturated carbocycles. The Hall–Kier alpha value is -5.98. The highest BCUT2D eigenvalue weighted by molar-refractivity contribution is 5.85. The third-order valence-electron chi connectivity index (χ3n) is 8.86. The summed E-state index contributed by atoms with van der Waals surface area (Å²) in [4.78, 5) is 37.5. The van der Waals surface area contributed by atoms with Crippen molar-refractivity contribution < 1.29 is 33.6 Å². The molecule has 2 aromatic carbocycles. The molecular formula is C39H37N5O7. The molecule has 2 amide bonds. The highest BCUT2D eigenvalue weighted by atomic mass is 16.6. The number of amides is 2. The first kappa shape index (κ1) is 33.5. The van der Waals surface area contributed by atoms with Crippen LogP contribution in [-0.2, 0) is 19.0 Å². The second-order valence-electron chi connectivity index (χ2n) is 12.2. The highest BCUT2D eigenvalue weighted by Gasteiger charge is 2.38. The monoisotopic (exact) mass is 687 g/mol. The molecule has 4 heterocycles. The van der Waals surface area contributed by atoms with Crippen LogP contribution in [0.3, 0.4) is 0 Å². The number of hydrogen-bond donors (Lipinski definition) is 3. The molecule has 3 N–H and O–H groups in total. The summed E-state index contributed by atoms with van der Waals surface area (Å²) in [6.45, 7) is 0.0831. The molecule has 1 fully saturated rings. The number of rotatable bonds is 12. The number of nitrogens with one attached hydrogen (secondary N) is 2. The van der Waals surface area contributed by atoms with Crippen LogP contribution in [0.1, 0.15) is 41.7 Å². The Kier molecular flexibility index (Phi) is 10.0. The largest absolute Gasteiger partial charge is 0.481 e. The minimum atomic E-state index is -1.38. The van der Waals surface area contributed by atoms with Crippen molar-refractivity contribution in [2.75, 3.05) is 20.2 Å². The predicted molar refractivity (Wildman–Crippen MR) is 187 cm³/mol. The minimum absolute atomic E-state index is 0.0245. The van der Waals surface area contributed by atoms with Gasteiger partial charge in [0.2, 0.25) is 17.7 Å². The summed E-state index contributed by atoms with van der Waals surface area (Å²) in [5, 5.41) is 18.4. The van der Waals surface area contributed by atoms with E-state index in [-0.39, 0.29) is 19.0 Å². The maximum Gasteiger partial charge on any atom is 0.417 e. The summed E-state index contributed by atoms with van der Waals surface area (Å²) in [6, 6.07) is 22.8. The van der Waals surface area contributed by atoms with Crippen molar-refractivity contribution in [1.82, 2.24) is 25.5 Å². The molecule has 2 aliphatic heterocycles. The zero-order valence-electron chi connectivity index (χ0n) is 27.8. The predicted octanol–water partition coefficient (Wildman–Crippen LogP) is 5.32. The molecule has 51 heavy (non-hydrogen) atoms. The highest BCUT2D eigenvalue weighted by Crippen LogP contribution is 2.31. The number of aliphatic hydroxyl groups is 1. The zero-order valence-corrected chi connectivity index (χ0v) is 27.8. The Bertz CT molecular complexity index is 1970. The van der Waals surface area contributed by atoms with E-state index in [1.807, 2.05) is 72.8 Å². The normalized spacial score (nSPS) is 18.2. The molecule has 12 heteroatoms. The Morgan fingerprint density at radius 3 is 2.51 bits per heavy atom. The van der Waals surface area contributed by atoms with E-state index in [1.165, 1.54) is 24.5 Å². The number of carbonyl (C=O) groups excluding carboxylic acids is 2. The first-order valence-corrected chi connectivity index (χ1v) is 16.7. The average molecular weight is 688 g/mol. The molecule has 3 aliphatic rings. The number of ether oxygens (including phenoxy) is 4. The van der Waals surface area contributed by atoms with Gasteiger partial charge in [-0.05, 0) is 41.7 Å². The standard InChI is InChI=1S/C39H37N5O7/c1-48-32-18-17-30-35(42-32)29(19-20-40-30)37(45)36(43-34(26-13-7-3-8-14-26)27-15-9-4-10-16-27)38(46)41-21-28-22-44(39(47)50-28)33-24-49-23-31(51-33)25-11-5-2-6-12-25/h2-5,7-11,13-20,23-24,28,34,36-37,43,45H,6,12,21-22H2,1H3,(H,41,46)/t28-,36?,37?/m1/s1. The van der Waals surface area contributed by atoms with Crippen molar-refractivity contribution in [1.29, 1.82) is 0 Å². The van der Waals surface area contributed by atoms with Crippen molar-refractivity contribution in [3.8, 4) is 5.88 Å². The first-order valence-electron chi connectivity index (χ1n) is 16.7. The first-order chi connectivity index (χ1) is 25.0. The fourth-order valence-corrected chi connectivity index (χ4v) is 6.24. The van der Waals surface area contributed by atoms with Crippen LogP contribution in [0.25, 0.3) is 11.0 Å². The maximum absolute atomic E-state index is 14.2. The number of fused-ring (bicyclic) bond motifs is 1. The van der Waals surface area contributed by atoms with Gasteiger partial charge in [-0.15, -0.1) is 0 Å². The number of aromatic nitrogens is 2. The van der Waals surface area contributed by atoms with Crippen LogP contribution in [0.15, 0.2) is 133 Å². The number of aliphatic hydroxyl groups excluding tert-OH is 1. The van der Waals surface area contributed by atoms with Crippen LogP contribution in [-0.4, -0.2) is 64.3 Å². The summed E-state index contributed by atoms with van der Waals surface area (Å²) in [5.74, 6) is 0.541. The SMILES string of the molecule is COc1ccc2nccc(C(O)C(NC(c3ccccc3)c3ccccc3)C(=O)NC[C@@H]3CN(C4=COC=C(C5=CC=CCC5)O4)C(=O)O3)c2n1. The van der Waals surface area contributed by atoms with Gasteiger partial charge >= 0.3 is 6.09 Å². The molecule has 3 atom stereocenters. The van der Waals surface area contributed by atoms with Gasteiger partial charge in [0.25, 0.3) is 0 Å². The third kappa shape index (κ3) is 7.47. The van der Waals surface area contributed by atoms with Crippen LogP contribution in [0.2, 0.25) is 0 Å². The van der Waals surface area contributed by atoms with Crippen molar-refractivity contribution in [3.63, 3.8) is 0 Å². The van der Waals surface area contributed by atoms with Crippen molar-refractivity contribution in [2.24, 2.45) is 0 Å². The number of methoxy groups -OCH3 is 1. The van der Waals surface area contributed by atoms with Crippen molar-refractivity contribution >= 4 is 23.0 Å². The van der Waals surface area contributed by atoms with E-state index in [0.717, 1.165) is 29.5 Å². The molecule has 1 saturated heterocycles. The van der Waals surface area contributed by atoms with E-state index in [9.17, 15) is 14.7 Å². The lowest BCUT2D eigenvalue weighted by atomic mass is 9.94. The summed E-state index contributed by atoms with van der Waals surface area (Å²) in [7, 11) is 1.51. The van der Waals surface area contributed by atoms with Crippen LogP contribution in [0, 0.1) is 0 Å². The molecular weight excluding hydrogens is 650 g/mol. The minimum Gasteiger partial charge on any atom is -0.481 e. The molecule has 2 aromatic heterocycles. The lowest BCUT2D eigenvalue weighted by Crippen LogP contribution is -2.51. The molecule has 7 rings (SSSR count). The average Bonchev–Trinajstić information content (AvgIpc) is 3.57. The summed E-state index contributed by atoms with van der Waals surface area (Å²) in [5.41, 5.74) is 4.06. The second-order valence-corrected chi connectivity index (χ2v) is 12.2. The van der Waals surface area contributed by atoms with Gasteiger partial charge < -0.3 is 29.4 Å². The summed E-state index contributed by atoms with van der Waals surface area (Å²) in [6.07, 6.45) is 9.33. The molecule has 0 spiro atoms. The molecule has 4 aromatic rings. The van der Waals surface area contributed by atoms with E-state index in [2.05, 4.69) is 26.7 Å². The van der Waals surface area contributed by atoms with Gasteiger partial charge in [-0.1, -0.05) is 78.9 Å². The van der Waals surface area contributed by atoms with Gasteiger partial charge in [0.15, 0.2) is 12.0 Å². The van der Waals surface area contributed by atoms with Crippen molar-refractivity contribution in [3.05, 3.63) is 150 Å². The maximum atomic E-state index is 14.2. The Morgan fingerprint density at radius 1 is 1.04 bits per heavy atom. The number of hydrogen-bond acceptors (Lipinski definition) is 10. The molecule has 1 aliphatic carbocycles. The topological polar surface area (TPSA) is 144 Å². The van der Waals surface area contributed by atoms with E-state index >= 15 is 0 Å². The molecule has 2 unspecified atom stereocenters. The number of allylic oxidation sites excluding steroid dienone is 4. The number of benzene rings is 2. The lowest BCUT2D eigenvalue weighted by Gasteiger charge is -2.30. The van der Waals surface area contributed by atoms with Gasteiger partial charge in [-0.25, -0.2) is 14.7 Å². The second kappa shape index (κ2) is 15.3. The van der Waals surface area contributed by atoms with Gasteiger partial charge in [0.05, 0.1) is 37.3 Å². The summed E-state index contributed by atoms with van der Waals surface area (Å²) >= 11 is 0. The van der Waals surface area contributed by atoms with Gasteiger partial charge in [-0.3, -0.25) is 15.1 Å². The van der Waals surface area contributed by atoms with Gasteiger partial charge in [-0.2, -0.15) is 0 Å². The number of carbonyl (C=O) groups is 2. The van der Waals surface area contributed by atoms with E-state index in [0.29, 0.717) is 28.2 Å². The van der Waals surface area contributed by atoms with E-state index < -0.39 is 36.3 Å². The third-order valence-corrected chi connectivity index (χ3v) is 8.86. The molecule has 0 radical (unpaired) electrons. The Morgan fingerprint density at radius 2 is 1.80 bits per heavy atom. The van der Waals surface area contributed by atoms with Crippen LogP contribution in [0.4, 0.5) is 4.79 Å². The summed E-state index contributed by atoms with van der Waals surface area (Å²) < 4.78 is 22.5. The quantitative estimate of drug-likeness (QED) is 0.179.